The molecule has 0 amide bonds. The lowest BCUT2D eigenvalue weighted by atomic mass is 9.98. The van der Waals surface area contributed by atoms with Crippen molar-refractivity contribution in [3.63, 3.8) is 0 Å². The Labute approximate surface area is 109 Å². The highest BCUT2D eigenvalue weighted by atomic mass is 35.5. The standard InChI is InChI=1S/C12H13F4N.ClH/c1-7(2)6-10(17)8-4-3-5-9(11(8)13)12(14,15)16;/h3-5,10H,1,6,17H2,2H3;1H/t10-;/m0./s1. The van der Waals surface area contributed by atoms with Gasteiger partial charge in [0, 0.05) is 11.6 Å². The van der Waals surface area contributed by atoms with Crippen LogP contribution < -0.4 is 5.73 Å². The molecule has 0 saturated heterocycles. The minimum Gasteiger partial charge on any atom is -0.324 e. The van der Waals surface area contributed by atoms with E-state index in [1.54, 1.807) is 6.92 Å². The van der Waals surface area contributed by atoms with Gasteiger partial charge in [0.05, 0.1) is 5.56 Å². The molecule has 0 radical (unpaired) electrons. The molecular weight excluding hydrogens is 270 g/mol. The molecule has 6 heteroatoms. The summed E-state index contributed by atoms with van der Waals surface area (Å²) in [6.07, 6.45) is -4.46. The van der Waals surface area contributed by atoms with E-state index >= 15 is 0 Å². The minimum absolute atomic E-state index is 0. The van der Waals surface area contributed by atoms with Crippen LogP contribution in [0.25, 0.3) is 0 Å². The molecule has 0 aromatic heterocycles. The van der Waals surface area contributed by atoms with Crippen molar-refractivity contribution in [3.05, 3.63) is 47.3 Å². The van der Waals surface area contributed by atoms with E-state index < -0.39 is 23.6 Å². The van der Waals surface area contributed by atoms with Crippen molar-refractivity contribution in [1.29, 1.82) is 0 Å². The summed E-state index contributed by atoms with van der Waals surface area (Å²) in [6, 6.07) is 2.30. The molecule has 1 aromatic rings. The second kappa shape index (κ2) is 6.20. The summed E-state index contributed by atoms with van der Waals surface area (Å²) < 4.78 is 51.0. The molecule has 1 nitrogen and oxygen atoms in total. The predicted octanol–water partition coefficient (Wildman–Crippen LogP) is 4.23. The fourth-order valence-electron chi connectivity index (χ4n) is 1.54. The molecule has 0 unspecified atom stereocenters. The molecule has 0 aliphatic heterocycles. The summed E-state index contributed by atoms with van der Waals surface area (Å²) in [7, 11) is 0. The summed E-state index contributed by atoms with van der Waals surface area (Å²) in [4.78, 5) is 0. The fraction of sp³-hybridized carbons (Fsp3) is 0.333. The lowest BCUT2D eigenvalue weighted by Gasteiger charge is -2.16. The fourth-order valence-corrected chi connectivity index (χ4v) is 1.54. The third kappa shape index (κ3) is 3.99. The van der Waals surface area contributed by atoms with E-state index in [9.17, 15) is 17.6 Å². The Morgan fingerprint density at radius 1 is 1.39 bits per heavy atom. The smallest absolute Gasteiger partial charge is 0.324 e. The largest absolute Gasteiger partial charge is 0.419 e. The molecule has 102 valence electrons. The van der Waals surface area contributed by atoms with E-state index in [-0.39, 0.29) is 24.4 Å². The molecular formula is C12H14ClF4N. The topological polar surface area (TPSA) is 26.0 Å². The Morgan fingerprint density at radius 3 is 2.39 bits per heavy atom. The normalized spacial score (nSPS) is 12.8. The second-order valence-electron chi connectivity index (χ2n) is 3.97. The molecule has 1 atom stereocenters. The lowest BCUT2D eigenvalue weighted by molar-refractivity contribution is -0.140. The number of hydrogen-bond donors (Lipinski definition) is 1. The van der Waals surface area contributed by atoms with Gasteiger partial charge in [-0.25, -0.2) is 4.39 Å². The Hall–Kier alpha value is -1.07. The van der Waals surface area contributed by atoms with E-state index in [2.05, 4.69) is 6.58 Å². The Balaban J connectivity index is 0.00000289. The zero-order valence-electron chi connectivity index (χ0n) is 9.72. The van der Waals surface area contributed by atoms with Crippen LogP contribution in [-0.2, 0) is 6.18 Å². The molecule has 0 aliphatic rings. The average Bonchev–Trinajstić information content (AvgIpc) is 2.14. The first-order chi connectivity index (χ1) is 7.73. The maximum Gasteiger partial charge on any atom is 0.419 e. The SMILES string of the molecule is C=C(C)C[C@H](N)c1cccc(C(F)(F)F)c1F.Cl. The van der Waals surface area contributed by atoms with Gasteiger partial charge in [-0.3, -0.25) is 0 Å². The van der Waals surface area contributed by atoms with Crippen molar-refractivity contribution in [2.45, 2.75) is 25.6 Å². The lowest BCUT2D eigenvalue weighted by Crippen LogP contribution is -2.16. The maximum atomic E-state index is 13.6. The van der Waals surface area contributed by atoms with Gasteiger partial charge in [-0.1, -0.05) is 17.7 Å². The highest BCUT2D eigenvalue weighted by Crippen LogP contribution is 2.34. The van der Waals surface area contributed by atoms with Gasteiger partial charge in [0.25, 0.3) is 0 Å². The first kappa shape index (κ1) is 16.9. The number of nitrogens with two attached hydrogens (primary N) is 1. The third-order valence-corrected chi connectivity index (χ3v) is 2.30. The Morgan fingerprint density at radius 2 is 1.94 bits per heavy atom. The first-order valence-electron chi connectivity index (χ1n) is 4.99. The summed E-state index contributed by atoms with van der Waals surface area (Å²) in [6.45, 7) is 5.28. The average molecular weight is 284 g/mol. The van der Waals surface area contributed by atoms with Crippen molar-refractivity contribution in [1.82, 2.24) is 0 Å². The van der Waals surface area contributed by atoms with Crippen LogP contribution in [0.15, 0.2) is 30.4 Å². The van der Waals surface area contributed by atoms with Crippen molar-refractivity contribution in [3.8, 4) is 0 Å². The monoisotopic (exact) mass is 283 g/mol. The Bertz CT molecular complexity index is 429. The van der Waals surface area contributed by atoms with E-state index in [1.165, 1.54) is 6.07 Å². The summed E-state index contributed by atoms with van der Waals surface area (Å²) in [5.41, 5.74) is 4.91. The number of halogens is 5. The van der Waals surface area contributed by atoms with Crippen molar-refractivity contribution >= 4 is 12.4 Å². The molecule has 0 fully saturated rings. The van der Waals surface area contributed by atoms with Gasteiger partial charge in [-0.2, -0.15) is 13.2 Å². The maximum absolute atomic E-state index is 13.6. The number of hydrogen-bond acceptors (Lipinski definition) is 1. The molecule has 1 aromatic carbocycles. The summed E-state index contributed by atoms with van der Waals surface area (Å²) in [5.74, 6) is -1.30. The van der Waals surface area contributed by atoms with Crippen LogP contribution >= 0.6 is 12.4 Å². The summed E-state index contributed by atoms with van der Waals surface area (Å²) >= 11 is 0. The van der Waals surface area contributed by atoms with Crippen LogP contribution in [-0.4, -0.2) is 0 Å². The van der Waals surface area contributed by atoms with Crippen molar-refractivity contribution in [2.24, 2.45) is 5.73 Å². The molecule has 0 heterocycles. The van der Waals surface area contributed by atoms with Crippen molar-refractivity contribution in [2.75, 3.05) is 0 Å². The van der Waals surface area contributed by atoms with Gasteiger partial charge in [-0.05, 0) is 19.4 Å². The molecule has 0 bridgehead atoms. The van der Waals surface area contributed by atoms with Crippen LogP contribution in [0.5, 0.6) is 0 Å². The van der Waals surface area contributed by atoms with Gasteiger partial charge in [0.2, 0.25) is 0 Å². The molecule has 0 spiro atoms. The highest BCUT2D eigenvalue weighted by molar-refractivity contribution is 5.85. The van der Waals surface area contributed by atoms with Gasteiger partial charge in [0.15, 0.2) is 0 Å². The molecule has 18 heavy (non-hydrogen) atoms. The third-order valence-electron chi connectivity index (χ3n) is 2.30. The van der Waals surface area contributed by atoms with Gasteiger partial charge in [-0.15, -0.1) is 19.0 Å². The van der Waals surface area contributed by atoms with E-state index in [0.717, 1.165) is 6.07 Å². The van der Waals surface area contributed by atoms with Crippen LogP contribution in [0.4, 0.5) is 17.6 Å². The van der Waals surface area contributed by atoms with E-state index in [4.69, 9.17) is 5.73 Å². The molecule has 1 rings (SSSR count). The molecule has 2 N–H and O–H groups in total. The van der Waals surface area contributed by atoms with Crippen LogP contribution in [0.1, 0.15) is 30.5 Å². The van der Waals surface area contributed by atoms with Gasteiger partial charge in [0.1, 0.15) is 5.82 Å². The van der Waals surface area contributed by atoms with Crippen LogP contribution in [0.2, 0.25) is 0 Å². The highest BCUT2D eigenvalue weighted by Gasteiger charge is 2.35. The van der Waals surface area contributed by atoms with Crippen LogP contribution in [0.3, 0.4) is 0 Å². The predicted molar refractivity (Wildman–Crippen MR) is 65.0 cm³/mol. The number of rotatable bonds is 3. The Kier molecular flexibility index (Phi) is 5.83. The minimum atomic E-state index is -4.71. The first-order valence-corrected chi connectivity index (χ1v) is 4.99. The quantitative estimate of drug-likeness (QED) is 0.652. The van der Waals surface area contributed by atoms with E-state index in [0.29, 0.717) is 11.6 Å². The zero-order chi connectivity index (χ0) is 13.2. The molecule has 0 saturated carbocycles. The van der Waals surface area contributed by atoms with Crippen LogP contribution in [0, 0.1) is 5.82 Å². The van der Waals surface area contributed by atoms with Gasteiger partial charge < -0.3 is 5.73 Å². The second-order valence-corrected chi connectivity index (χ2v) is 3.97. The molecule has 0 aliphatic carbocycles. The van der Waals surface area contributed by atoms with E-state index in [1.807, 2.05) is 0 Å². The number of benzene rings is 1. The number of alkyl halides is 3. The van der Waals surface area contributed by atoms with Crippen molar-refractivity contribution < 1.29 is 17.6 Å². The summed E-state index contributed by atoms with van der Waals surface area (Å²) in [5, 5.41) is 0. The zero-order valence-corrected chi connectivity index (χ0v) is 10.5. The van der Waals surface area contributed by atoms with Gasteiger partial charge >= 0.3 is 6.18 Å².